The van der Waals surface area contributed by atoms with Crippen LogP contribution in [0.1, 0.15) is 5.76 Å². The third kappa shape index (κ3) is 4.02. The normalized spacial score (nSPS) is 10.4. The maximum atomic E-state index is 11.9. The molecule has 0 radical (unpaired) electrons. The van der Waals surface area contributed by atoms with Crippen molar-refractivity contribution in [2.24, 2.45) is 0 Å². The molecule has 5 heteroatoms. The van der Waals surface area contributed by atoms with Crippen LogP contribution in [0.4, 0.5) is 5.69 Å². The average Bonchev–Trinajstić information content (AvgIpc) is 3.11. The molecule has 5 nitrogen and oxygen atoms in total. The van der Waals surface area contributed by atoms with Crippen molar-refractivity contribution in [1.29, 1.82) is 0 Å². The Hall–Kier alpha value is -3.05. The van der Waals surface area contributed by atoms with Crippen LogP contribution in [0.25, 0.3) is 11.3 Å². The topological polar surface area (TPSA) is 71.7 Å². The number of carbonyl (C=O) groups is 1. The Morgan fingerprint density at radius 1 is 1.00 bits per heavy atom. The molecule has 2 N–H and O–H groups in total. The number of benzene rings is 2. The molecule has 2 aromatic carbocycles. The number of nitrogens with one attached hydrogen (secondary N) is 1. The van der Waals surface area contributed by atoms with Crippen LogP contribution < -0.4 is 10.1 Å². The van der Waals surface area contributed by atoms with Gasteiger partial charge in [0.1, 0.15) is 23.9 Å². The standard InChI is InChI=1S/C19H17NO4/c21-12-17-10-11-18(24-17)14-6-8-15(9-7-14)20-19(22)13-23-16-4-2-1-3-5-16/h1-11,21H,12-13H2,(H,20,22). The first-order valence-corrected chi connectivity index (χ1v) is 7.52. The highest BCUT2D eigenvalue weighted by Gasteiger charge is 2.06. The minimum absolute atomic E-state index is 0.0518. The molecule has 0 bridgehead atoms. The van der Waals surface area contributed by atoms with Gasteiger partial charge in [-0.05, 0) is 48.5 Å². The molecule has 0 fully saturated rings. The lowest BCUT2D eigenvalue weighted by molar-refractivity contribution is -0.118. The van der Waals surface area contributed by atoms with E-state index in [9.17, 15) is 4.79 Å². The third-order valence-corrected chi connectivity index (χ3v) is 3.38. The number of amides is 1. The number of furan rings is 1. The predicted molar refractivity (Wildman–Crippen MR) is 90.6 cm³/mol. The SMILES string of the molecule is O=C(COc1ccccc1)Nc1ccc(-c2ccc(CO)o2)cc1. The van der Waals surface area contributed by atoms with E-state index in [0.29, 0.717) is 23.0 Å². The molecule has 3 rings (SSSR count). The zero-order valence-corrected chi connectivity index (χ0v) is 12.9. The maximum Gasteiger partial charge on any atom is 0.262 e. The molecule has 24 heavy (non-hydrogen) atoms. The Balaban J connectivity index is 1.56. The zero-order chi connectivity index (χ0) is 16.8. The molecule has 0 aliphatic rings. The Morgan fingerprint density at radius 2 is 1.75 bits per heavy atom. The summed E-state index contributed by atoms with van der Waals surface area (Å²) in [6.07, 6.45) is 0. The molecule has 3 aromatic rings. The van der Waals surface area contributed by atoms with Crippen LogP contribution in [0.5, 0.6) is 5.75 Å². The number of para-hydroxylation sites is 1. The minimum atomic E-state index is -0.229. The smallest absolute Gasteiger partial charge is 0.262 e. The van der Waals surface area contributed by atoms with Crippen molar-refractivity contribution in [3.05, 3.63) is 72.5 Å². The van der Waals surface area contributed by atoms with Crippen molar-refractivity contribution >= 4 is 11.6 Å². The van der Waals surface area contributed by atoms with E-state index >= 15 is 0 Å². The number of hydrogen-bond acceptors (Lipinski definition) is 4. The first-order valence-electron chi connectivity index (χ1n) is 7.52. The largest absolute Gasteiger partial charge is 0.484 e. The Morgan fingerprint density at radius 3 is 2.42 bits per heavy atom. The molecule has 0 aliphatic heterocycles. The van der Waals surface area contributed by atoms with Gasteiger partial charge in [-0.25, -0.2) is 0 Å². The summed E-state index contributed by atoms with van der Waals surface area (Å²) in [4.78, 5) is 11.9. The van der Waals surface area contributed by atoms with Crippen LogP contribution in [0.3, 0.4) is 0 Å². The van der Waals surface area contributed by atoms with Crippen molar-refractivity contribution in [2.75, 3.05) is 11.9 Å². The number of rotatable bonds is 6. The first-order chi connectivity index (χ1) is 11.7. The number of carbonyl (C=O) groups excluding carboxylic acids is 1. The lowest BCUT2D eigenvalue weighted by Crippen LogP contribution is -2.20. The number of aliphatic hydroxyl groups excluding tert-OH is 1. The lowest BCUT2D eigenvalue weighted by Gasteiger charge is -2.08. The average molecular weight is 323 g/mol. The molecule has 0 spiro atoms. The van der Waals surface area contributed by atoms with E-state index in [1.165, 1.54) is 0 Å². The van der Waals surface area contributed by atoms with Gasteiger partial charge in [-0.2, -0.15) is 0 Å². The second kappa shape index (κ2) is 7.48. The summed E-state index contributed by atoms with van der Waals surface area (Å²) < 4.78 is 10.9. The highest BCUT2D eigenvalue weighted by molar-refractivity contribution is 5.92. The van der Waals surface area contributed by atoms with Crippen LogP contribution in [0, 0.1) is 0 Å². The monoisotopic (exact) mass is 323 g/mol. The van der Waals surface area contributed by atoms with E-state index in [2.05, 4.69) is 5.32 Å². The molecule has 0 aliphatic carbocycles. The molecule has 1 heterocycles. The van der Waals surface area contributed by atoms with E-state index in [1.54, 1.807) is 36.4 Å². The second-order valence-electron chi connectivity index (χ2n) is 5.15. The van der Waals surface area contributed by atoms with Crippen molar-refractivity contribution in [1.82, 2.24) is 0 Å². The third-order valence-electron chi connectivity index (χ3n) is 3.38. The molecule has 122 valence electrons. The van der Waals surface area contributed by atoms with Crippen LogP contribution in [-0.2, 0) is 11.4 Å². The van der Waals surface area contributed by atoms with E-state index in [-0.39, 0.29) is 19.1 Å². The Labute approximate surface area is 139 Å². The molecule has 0 atom stereocenters. The number of ether oxygens (including phenoxy) is 1. The van der Waals surface area contributed by atoms with Gasteiger partial charge < -0.3 is 19.6 Å². The van der Waals surface area contributed by atoms with Crippen LogP contribution in [0.2, 0.25) is 0 Å². The van der Waals surface area contributed by atoms with Gasteiger partial charge in [0, 0.05) is 11.3 Å². The molecule has 0 unspecified atom stereocenters. The Bertz CT molecular complexity index is 794. The summed E-state index contributed by atoms with van der Waals surface area (Å²) in [5, 5.41) is 11.8. The lowest BCUT2D eigenvalue weighted by atomic mass is 10.1. The minimum Gasteiger partial charge on any atom is -0.484 e. The van der Waals surface area contributed by atoms with E-state index in [4.69, 9.17) is 14.3 Å². The molecular formula is C19H17NO4. The molecule has 0 saturated heterocycles. The van der Waals surface area contributed by atoms with Gasteiger partial charge in [0.25, 0.3) is 5.91 Å². The fraction of sp³-hybridized carbons (Fsp3) is 0.105. The molecule has 1 aromatic heterocycles. The maximum absolute atomic E-state index is 11.9. The van der Waals surface area contributed by atoms with Gasteiger partial charge in [0.2, 0.25) is 0 Å². The van der Waals surface area contributed by atoms with E-state index in [0.717, 1.165) is 5.56 Å². The quantitative estimate of drug-likeness (QED) is 0.729. The molecule has 0 saturated carbocycles. The van der Waals surface area contributed by atoms with Crippen molar-refractivity contribution in [3.8, 4) is 17.1 Å². The summed E-state index contributed by atoms with van der Waals surface area (Å²) in [6.45, 7) is -0.181. The van der Waals surface area contributed by atoms with Crippen molar-refractivity contribution in [3.63, 3.8) is 0 Å². The molecular weight excluding hydrogens is 306 g/mol. The summed E-state index contributed by atoms with van der Waals surface area (Å²) in [5.74, 6) is 1.61. The number of anilines is 1. The van der Waals surface area contributed by atoms with Crippen LogP contribution >= 0.6 is 0 Å². The fourth-order valence-electron chi connectivity index (χ4n) is 2.20. The van der Waals surface area contributed by atoms with Gasteiger partial charge in [-0.15, -0.1) is 0 Å². The van der Waals surface area contributed by atoms with Crippen LogP contribution in [0.15, 0.2) is 71.1 Å². The highest BCUT2D eigenvalue weighted by atomic mass is 16.5. The van der Waals surface area contributed by atoms with Gasteiger partial charge >= 0.3 is 0 Å². The first kappa shape index (κ1) is 15.8. The predicted octanol–water partition coefficient (Wildman–Crippen LogP) is 3.46. The van der Waals surface area contributed by atoms with Gasteiger partial charge in [0.05, 0.1) is 0 Å². The summed E-state index contributed by atoms with van der Waals surface area (Å²) in [6, 6.07) is 20.0. The van der Waals surface area contributed by atoms with E-state index < -0.39 is 0 Å². The van der Waals surface area contributed by atoms with Crippen LogP contribution in [-0.4, -0.2) is 17.6 Å². The van der Waals surface area contributed by atoms with Gasteiger partial charge in [-0.1, -0.05) is 18.2 Å². The fourth-order valence-corrected chi connectivity index (χ4v) is 2.20. The van der Waals surface area contributed by atoms with Crippen molar-refractivity contribution in [2.45, 2.75) is 6.61 Å². The summed E-state index contributed by atoms with van der Waals surface area (Å²) in [7, 11) is 0. The van der Waals surface area contributed by atoms with Crippen molar-refractivity contribution < 1.29 is 19.1 Å². The summed E-state index contributed by atoms with van der Waals surface area (Å²) >= 11 is 0. The Kier molecular flexibility index (Phi) is 4.93. The number of hydrogen-bond donors (Lipinski definition) is 2. The summed E-state index contributed by atoms with van der Waals surface area (Å²) in [5.41, 5.74) is 1.54. The zero-order valence-electron chi connectivity index (χ0n) is 12.9. The van der Waals surface area contributed by atoms with Gasteiger partial charge in [-0.3, -0.25) is 4.79 Å². The second-order valence-corrected chi connectivity index (χ2v) is 5.15. The number of aliphatic hydroxyl groups is 1. The van der Waals surface area contributed by atoms with Gasteiger partial charge in [0.15, 0.2) is 6.61 Å². The highest BCUT2D eigenvalue weighted by Crippen LogP contribution is 2.23. The molecule has 1 amide bonds. The van der Waals surface area contributed by atoms with E-state index in [1.807, 2.05) is 30.3 Å².